The lowest BCUT2D eigenvalue weighted by Gasteiger charge is -2.02. The lowest BCUT2D eigenvalue weighted by molar-refractivity contribution is -0.115. The highest BCUT2D eigenvalue weighted by Gasteiger charge is 2.13. The van der Waals surface area contributed by atoms with Crippen LogP contribution in [0.1, 0.15) is 6.42 Å². The number of hydrogen-bond acceptors (Lipinski definition) is 5. The number of amides is 1. The van der Waals surface area contributed by atoms with E-state index in [1.807, 2.05) is 0 Å². The third kappa shape index (κ3) is 4.42. The number of nitrogens with zero attached hydrogens (tertiary/aromatic N) is 1. The minimum absolute atomic E-state index is 0.135. The molecule has 25 heavy (non-hydrogen) atoms. The zero-order chi connectivity index (χ0) is 17.8. The van der Waals surface area contributed by atoms with Crippen molar-refractivity contribution in [3.63, 3.8) is 0 Å². The molecule has 0 radical (unpaired) electrons. The van der Waals surface area contributed by atoms with Crippen LogP contribution >= 0.6 is 34.7 Å². The number of ether oxygens (including phenoxy) is 1. The van der Waals surface area contributed by atoms with Gasteiger partial charge in [-0.25, -0.2) is 9.37 Å². The van der Waals surface area contributed by atoms with E-state index in [2.05, 4.69) is 10.3 Å². The Morgan fingerprint density at radius 3 is 2.80 bits per heavy atom. The highest BCUT2D eigenvalue weighted by molar-refractivity contribution is 7.99. The van der Waals surface area contributed by atoms with Crippen LogP contribution in [-0.2, 0) is 4.79 Å². The summed E-state index contributed by atoms with van der Waals surface area (Å²) in [6.07, 6.45) is 0.322. The van der Waals surface area contributed by atoms with Crippen molar-refractivity contribution in [3.8, 4) is 5.75 Å². The Balaban J connectivity index is 1.60. The van der Waals surface area contributed by atoms with E-state index >= 15 is 0 Å². The largest absolute Gasteiger partial charge is 0.494 e. The molecule has 4 nitrogen and oxygen atoms in total. The minimum atomic E-state index is -0.271. The van der Waals surface area contributed by atoms with E-state index in [1.165, 1.54) is 35.2 Å². The molecule has 1 heterocycles. The number of benzene rings is 2. The first-order chi connectivity index (χ1) is 12.1. The highest BCUT2D eigenvalue weighted by Crippen LogP contribution is 2.37. The summed E-state index contributed by atoms with van der Waals surface area (Å²) < 4.78 is 18.9. The van der Waals surface area contributed by atoms with Gasteiger partial charge in [-0.15, -0.1) is 11.8 Å². The van der Waals surface area contributed by atoms with Gasteiger partial charge >= 0.3 is 0 Å². The summed E-state index contributed by atoms with van der Waals surface area (Å²) in [5.74, 6) is 0.797. The number of rotatable bonds is 6. The van der Waals surface area contributed by atoms with Gasteiger partial charge in [0.2, 0.25) is 5.91 Å². The number of thioether (sulfide) groups is 1. The van der Waals surface area contributed by atoms with E-state index in [0.29, 0.717) is 33.6 Å². The number of thiazole rings is 1. The van der Waals surface area contributed by atoms with Crippen molar-refractivity contribution >= 4 is 56.0 Å². The van der Waals surface area contributed by atoms with Crippen LogP contribution in [0.4, 0.5) is 9.52 Å². The molecule has 0 atom stereocenters. The molecule has 1 N–H and O–H groups in total. The average Bonchev–Trinajstić information content (AvgIpc) is 3.01. The van der Waals surface area contributed by atoms with Crippen molar-refractivity contribution in [1.29, 1.82) is 0 Å². The quantitative estimate of drug-likeness (QED) is 0.580. The summed E-state index contributed by atoms with van der Waals surface area (Å²) in [6.45, 7) is 0. The van der Waals surface area contributed by atoms with Gasteiger partial charge in [-0.05, 0) is 36.4 Å². The van der Waals surface area contributed by atoms with Crippen molar-refractivity contribution in [3.05, 3.63) is 47.2 Å². The second-order valence-corrected chi connectivity index (χ2v) is 7.62. The van der Waals surface area contributed by atoms with Crippen LogP contribution in [0.5, 0.6) is 5.75 Å². The lowest BCUT2D eigenvalue weighted by Crippen LogP contribution is -2.11. The molecule has 3 rings (SSSR count). The van der Waals surface area contributed by atoms with Crippen molar-refractivity contribution in [2.75, 3.05) is 18.2 Å². The first-order valence-electron chi connectivity index (χ1n) is 7.38. The molecule has 0 unspecified atom stereocenters. The summed E-state index contributed by atoms with van der Waals surface area (Å²) in [6, 6.07) is 9.68. The predicted octanol–water partition coefficient (Wildman–Crippen LogP) is 5.22. The van der Waals surface area contributed by atoms with Gasteiger partial charge in [0.25, 0.3) is 0 Å². The van der Waals surface area contributed by atoms with Crippen molar-refractivity contribution in [2.24, 2.45) is 0 Å². The van der Waals surface area contributed by atoms with Gasteiger partial charge in [0.15, 0.2) is 5.13 Å². The van der Waals surface area contributed by atoms with Crippen LogP contribution in [0.15, 0.2) is 41.3 Å². The second-order valence-electron chi connectivity index (χ2n) is 5.05. The Hall–Kier alpha value is -1.83. The second kappa shape index (κ2) is 8.03. The molecule has 0 aliphatic heterocycles. The summed E-state index contributed by atoms with van der Waals surface area (Å²) in [5.41, 5.74) is 0.635. The maximum absolute atomic E-state index is 12.9. The standard InChI is InChI=1S/C17H14ClFN2O2S2/c1-23-13-7-6-12(18)16-15(13)21-17(25-16)20-14(22)8-9-24-11-4-2-10(19)3-5-11/h2-7H,8-9H2,1H3,(H,20,21,22). The molecule has 0 saturated carbocycles. The smallest absolute Gasteiger partial charge is 0.226 e. The first kappa shape index (κ1) is 18.0. The Morgan fingerprint density at radius 1 is 1.32 bits per heavy atom. The Morgan fingerprint density at radius 2 is 2.08 bits per heavy atom. The molecule has 0 spiro atoms. The number of anilines is 1. The number of nitrogens with one attached hydrogen (secondary N) is 1. The highest BCUT2D eigenvalue weighted by atomic mass is 35.5. The number of halogens is 2. The summed E-state index contributed by atoms with van der Waals surface area (Å²) >= 11 is 8.98. The first-order valence-corrected chi connectivity index (χ1v) is 9.56. The van der Waals surface area contributed by atoms with Gasteiger partial charge in [0.05, 0.1) is 16.8 Å². The summed E-state index contributed by atoms with van der Waals surface area (Å²) in [4.78, 5) is 17.4. The number of carbonyl (C=O) groups is 1. The molecule has 8 heteroatoms. The topological polar surface area (TPSA) is 51.2 Å². The maximum Gasteiger partial charge on any atom is 0.226 e. The van der Waals surface area contributed by atoms with Gasteiger partial charge in [-0.3, -0.25) is 4.79 Å². The third-order valence-corrected chi connectivity index (χ3v) is 5.78. The fourth-order valence-corrected chi connectivity index (χ4v) is 4.17. The number of carbonyl (C=O) groups excluding carboxylic acids is 1. The summed E-state index contributed by atoms with van der Waals surface area (Å²) in [7, 11) is 1.56. The summed E-state index contributed by atoms with van der Waals surface area (Å²) in [5, 5.41) is 3.84. The molecular formula is C17H14ClFN2O2S2. The molecular weight excluding hydrogens is 383 g/mol. The molecule has 1 amide bonds. The number of methoxy groups -OCH3 is 1. The van der Waals surface area contributed by atoms with Gasteiger partial charge in [0.1, 0.15) is 17.1 Å². The van der Waals surface area contributed by atoms with E-state index in [9.17, 15) is 9.18 Å². The normalized spacial score (nSPS) is 10.8. The van der Waals surface area contributed by atoms with E-state index in [0.717, 1.165) is 9.60 Å². The van der Waals surface area contributed by atoms with Crippen LogP contribution in [0, 0.1) is 5.82 Å². The van der Waals surface area contributed by atoms with Gasteiger partial charge in [0, 0.05) is 17.1 Å². The lowest BCUT2D eigenvalue weighted by atomic mass is 10.3. The molecule has 2 aromatic carbocycles. The SMILES string of the molecule is COc1ccc(Cl)c2sc(NC(=O)CCSc3ccc(F)cc3)nc12. The van der Waals surface area contributed by atoms with Crippen molar-refractivity contribution in [2.45, 2.75) is 11.3 Å². The third-order valence-electron chi connectivity index (χ3n) is 3.34. The molecule has 1 aromatic heterocycles. The number of hydrogen-bond donors (Lipinski definition) is 1. The Kier molecular flexibility index (Phi) is 5.78. The molecule has 0 fully saturated rings. The maximum atomic E-state index is 12.9. The Bertz CT molecular complexity index is 900. The monoisotopic (exact) mass is 396 g/mol. The number of aromatic nitrogens is 1. The van der Waals surface area contributed by atoms with Crippen LogP contribution in [0.2, 0.25) is 5.02 Å². The van der Waals surface area contributed by atoms with Crippen molar-refractivity contribution in [1.82, 2.24) is 4.98 Å². The van der Waals surface area contributed by atoms with Crippen LogP contribution in [0.25, 0.3) is 10.2 Å². The molecule has 0 aliphatic carbocycles. The van der Waals surface area contributed by atoms with E-state index in [4.69, 9.17) is 16.3 Å². The average molecular weight is 397 g/mol. The van der Waals surface area contributed by atoms with Gasteiger partial charge in [-0.2, -0.15) is 0 Å². The van der Waals surface area contributed by atoms with Crippen LogP contribution in [0.3, 0.4) is 0 Å². The van der Waals surface area contributed by atoms with Gasteiger partial charge < -0.3 is 10.1 Å². The zero-order valence-electron chi connectivity index (χ0n) is 13.2. The van der Waals surface area contributed by atoms with Crippen molar-refractivity contribution < 1.29 is 13.9 Å². The Labute approximate surface area is 157 Å². The van der Waals surface area contributed by atoms with Crippen LogP contribution in [-0.4, -0.2) is 23.8 Å². The predicted molar refractivity (Wildman–Crippen MR) is 102 cm³/mol. The van der Waals surface area contributed by atoms with Gasteiger partial charge in [-0.1, -0.05) is 22.9 Å². The van der Waals surface area contributed by atoms with E-state index in [-0.39, 0.29) is 11.7 Å². The minimum Gasteiger partial charge on any atom is -0.494 e. The number of fused-ring (bicyclic) bond motifs is 1. The zero-order valence-corrected chi connectivity index (χ0v) is 15.6. The molecule has 3 aromatic rings. The van der Waals surface area contributed by atoms with E-state index < -0.39 is 0 Å². The molecule has 0 bridgehead atoms. The fraction of sp³-hybridized carbons (Fsp3) is 0.176. The fourth-order valence-electron chi connectivity index (χ4n) is 2.14. The molecule has 130 valence electrons. The van der Waals surface area contributed by atoms with Crippen LogP contribution < -0.4 is 10.1 Å². The molecule has 0 saturated heterocycles. The molecule has 0 aliphatic rings. The van der Waals surface area contributed by atoms with E-state index in [1.54, 1.807) is 31.4 Å².